The van der Waals surface area contributed by atoms with Crippen molar-refractivity contribution in [1.29, 1.82) is 0 Å². The van der Waals surface area contributed by atoms with Crippen LogP contribution in [0, 0.1) is 5.82 Å². The maximum absolute atomic E-state index is 13.7. The number of benzene rings is 1. The van der Waals surface area contributed by atoms with Crippen molar-refractivity contribution in [3.63, 3.8) is 0 Å². The molecular weight excluding hydrogens is 353 g/mol. The summed E-state index contributed by atoms with van der Waals surface area (Å²) in [6.45, 7) is 3.20. The van der Waals surface area contributed by atoms with Gasteiger partial charge >= 0.3 is 0 Å². The molecule has 0 aliphatic rings. The fourth-order valence-electron chi connectivity index (χ4n) is 1.55. The highest BCUT2D eigenvalue weighted by molar-refractivity contribution is 9.10. The Labute approximate surface area is 117 Å². The highest BCUT2D eigenvalue weighted by atomic mass is 79.9. The summed E-state index contributed by atoms with van der Waals surface area (Å²) in [5.74, 6) is -0.753. The van der Waals surface area contributed by atoms with Gasteiger partial charge in [-0.2, -0.15) is 0 Å². The molecule has 1 amide bonds. The molecule has 0 spiro atoms. The van der Waals surface area contributed by atoms with E-state index in [1.54, 1.807) is 17.0 Å². The number of amides is 1. The van der Waals surface area contributed by atoms with Crippen molar-refractivity contribution in [2.75, 3.05) is 18.4 Å². The lowest BCUT2D eigenvalue weighted by molar-refractivity contribution is 0.0761. The second-order valence-electron chi connectivity index (χ2n) is 3.58. The first-order valence-electron chi connectivity index (χ1n) is 5.41. The molecule has 0 bridgehead atoms. The van der Waals surface area contributed by atoms with E-state index in [1.807, 2.05) is 6.92 Å². The second kappa shape index (κ2) is 7.11. The average molecular weight is 367 g/mol. The van der Waals surface area contributed by atoms with Crippen molar-refractivity contribution in [3.8, 4) is 0 Å². The molecule has 0 radical (unpaired) electrons. The summed E-state index contributed by atoms with van der Waals surface area (Å²) in [5.41, 5.74) is 0.113. The van der Waals surface area contributed by atoms with Crippen molar-refractivity contribution in [3.05, 3.63) is 34.1 Å². The van der Waals surface area contributed by atoms with Gasteiger partial charge in [0.05, 0.1) is 5.56 Å². The average Bonchev–Trinajstić information content (AvgIpc) is 2.28. The number of halogens is 3. The Morgan fingerprint density at radius 3 is 2.65 bits per heavy atom. The molecule has 0 N–H and O–H groups in total. The van der Waals surface area contributed by atoms with Gasteiger partial charge in [-0.05, 0) is 34.5 Å². The summed E-state index contributed by atoms with van der Waals surface area (Å²) >= 11 is 6.52. The van der Waals surface area contributed by atoms with Crippen LogP contribution in [-0.2, 0) is 0 Å². The van der Waals surface area contributed by atoms with Crippen LogP contribution in [0.4, 0.5) is 4.39 Å². The van der Waals surface area contributed by atoms with Gasteiger partial charge in [0.2, 0.25) is 0 Å². The summed E-state index contributed by atoms with van der Waals surface area (Å²) < 4.78 is 14.2. The highest BCUT2D eigenvalue weighted by Gasteiger charge is 2.20. The van der Waals surface area contributed by atoms with E-state index in [2.05, 4.69) is 31.9 Å². The van der Waals surface area contributed by atoms with Gasteiger partial charge in [0.15, 0.2) is 0 Å². The standard InChI is InChI=1S/C12H14Br2FNO/c1-2-7-16(8-6-13)12(17)11-9(14)4-3-5-10(11)15/h3-5H,2,6-8H2,1H3. The van der Waals surface area contributed by atoms with Crippen LogP contribution in [0.15, 0.2) is 22.7 Å². The Hall–Kier alpha value is -0.420. The van der Waals surface area contributed by atoms with Crippen LogP contribution in [0.3, 0.4) is 0 Å². The van der Waals surface area contributed by atoms with E-state index >= 15 is 0 Å². The summed E-state index contributed by atoms with van der Waals surface area (Å²) in [6, 6.07) is 4.55. The third-order valence-corrected chi connectivity index (χ3v) is 3.33. The van der Waals surface area contributed by atoms with Gasteiger partial charge in [-0.3, -0.25) is 4.79 Å². The molecular formula is C12H14Br2FNO. The second-order valence-corrected chi connectivity index (χ2v) is 5.23. The predicted molar refractivity (Wildman–Crippen MR) is 74.1 cm³/mol. The van der Waals surface area contributed by atoms with E-state index in [-0.39, 0.29) is 11.5 Å². The monoisotopic (exact) mass is 365 g/mol. The Bertz CT molecular complexity index is 372. The Balaban J connectivity index is 3.00. The first kappa shape index (κ1) is 14.6. The van der Waals surface area contributed by atoms with E-state index in [4.69, 9.17) is 0 Å². The smallest absolute Gasteiger partial charge is 0.258 e. The molecule has 94 valence electrons. The molecule has 0 heterocycles. The van der Waals surface area contributed by atoms with Crippen molar-refractivity contribution < 1.29 is 9.18 Å². The largest absolute Gasteiger partial charge is 0.338 e. The van der Waals surface area contributed by atoms with Gasteiger partial charge < -0.3 is 4.90 Å². The number of alkyl halides is 1. The quantitative estimate of drug-likeness (QED) is 0.725. The molecule has 5 heteroatoms. The minimum absolute atomic E-state index is 0.113. The molecule has 0 saturated heterocycles. The molecule has 0 saturated carbocycles. The van der Waals surface area contributed by atoms with Gasteiger partial charge in [0.1, 0.15) is 5.82 Å². The zero-order chi connectivity index (χ0) is 12.8. The fourth-order valence-corrected chi connectivity index (χ4v) is 2.49. The lowest BCUT2D eigenvalue weighted by Gasteiger charge is -2.21. The number of hydrogen-bond donors (Lipinski definition) is 0. The molecule has 0 atom stereocenters. The molecule has 0 aromatic heterocycles. The maximum Gasteiger partial charge on any atom is 0.258 e. The van der Waals surface area contributed by atoms with Gasteiger partial charge in [0, 0.05) is 22.9 Å². The number of carbonyl (C=O) groups excluding carboxylic acids is 1. The highest BCUT2D eigenvalue weighted by Crippen LogP contribution is 2.21. The third kappa shape index (κ3) is 3.78. The van der Waals surface area contributed by atoms with Gasteiger partial charge in [0.25, 0.3) is 5.91 Å². The SMILES string of the molecule is CCCN(CCBr)C(=O)c1c(F)cccc1Br. The number of nitrogens with zero attached hydrogens (tertiary/aromatic N) is 1. The predicted octanol–water partition coefficient (Wildman–Crippen LogP) is 3.84. The molecule has 0 aliphatic heterocycles. The summed E-state index contributed by atoms with van der Waals surface area (Å²) in [4.78, 5) is 13.9. The van der Waals surface area contributed by atoms with Crippen molar-refractivity contribution in [1.82, 2.24) is 4.90 Å². The molecule has 0 aliphatic carbocycles. The van der Waals surface area contributed by atoms with Crippen molar-refractivity contribution >= 4 is 37.8 Å². The zero-order valence-corrected chi connectivity index (χ0v) is 12.7. The summed E-state index contributed by atoms with van der Waals surface area (Å²) in [5, 5.41) is 0.685. The van der Waals surface area contributed by atoms with E-state index in [9.17, 15) is 9.18 Å². The summed E-state index contributed by atoms with van der Waals surface area (Å²) in [6.07, 6.45) is 0.852. The normalized spacial score (nSPS) is 10.4. The van der Waals surface area contributed by atoms with Crippen LogP contribution < -0.4 is 0 Å². The molecule has 1 aromatic rings. The molecule has 0 unspecified atom stereocenters. The van der Waals surface area contributed by atoms with Gasteiger partial charge in [-0.1, -0.05) is 28.9 Å². The van der Waals surface area contributed by atoms with E-state index in [1.165, 1.54) is 6.07 Å². The van der Waals surface area contributed by atoms with Crippen LogP contribution in [0.2, 0.25) is 0 Å². The van der Waals surface area contributed by atoms with Crippen molar-refractivity contribution in [2.24, 2.45) is 0 Å². The third-order valence-electron chi connectivity index (χ3n) is 2.31. The maximum atomic E-state index is 13.7. The van der Waals surface area contributed by atoms with Gasteiger partial charge in [-0.15, -0.1) is 0 Å². The Morgan fingerprint density at radius 1 is 1.41 bits per heavy atom. The van der Waals surface area contributed by atoms with Crippen molar-refractivity contribution in [2.45, 2.75) is 13.3 Å². The number of hydrogen-bond acceptors (Lipinski definition) is 1. The zero-order valence-electron chi connectivity index (χ0n) is 9.55. The Kier molecular flexibility index (Phi) is 6.12. The van der Waals surface area contributed by atoms with Crippen LogP contribution >= 0.6 is 31.9 Å². The minimum atomic E-state index is -0.486. The van der Waals surface area contributed by atoms with Gasteiger partial charge in [-0.25, -0.2) is 4.39 Å². The first-order valence-corrected chi connectivity index (χ1v) is 7.32. The van der Waals surface area contributed by atoms with Crippen LogP contribution in [0.25, 0.3) is 0 Å². The fraction of sp³-hybridized carbons (Fsp3) is 0.417. The summed E-state index contributed by atoms with van der Waals surface area (Å²) in [7, 11) is 0. The van der Waals surface area contributed by atoms with Crippen LogP contribution in [0.5, 0.6) is 0 Å². The minimum Gasteiger partial charge on any atom is -0.338 e. The number of carbonyl (C=O) groups is 1. The molecule has 1 rings (SSSR count). The lowest BCUT2D eigenvalue weighted by atomic mass is 10.2. The van der Waals surface area contributed by atoms with Crippen LogP contribution in [-0.4, -0.2) is 29.2 Å². The topological polar surface area (TPSA) is 20.3 Å². The van der Waals surface area contributed by atoms with E-state index < -0.39 is 5.82 Å². The molecule has 17 heavy (non-hydrogen) atoms. The molecule has 0 fully saturated rings. The van der Waals surface area contributed by atoms with Crippen LogP contribution in [0.1, 0.15) is 23.7 Å². The lowest BCUT2D eigenvalue weighted by Crippen LogP contribution is -2.34. The molecule has 1 aromatic carbocycles. The first-order chi connectivity index (χ1) is 8.11. The van der Waals surface area contributed by atoms with E-state index in [0.717, 1.165) is 6.42 Å². The Morgan fingerprint density at radius 2 is 2.12 bits per heavy atom. The number of rotatable bonds is 5. The molecule has 2 nitrogen and oxygen atoms in total. The van der Waals surface area contributed by atoms with E-state index in [0.29, 0.717) is 22.9 Å².